The minimum Gasteiger partial charge on any atom is -0.495 e. The molecule has 0 saturated carbocycles. The second-order valence-corrected chi connectivity index (χ2v) is 8.91. The van der Waals surface area contributed by atoms with Crippen LogP contribution in [0.5, 0.6) is 5.75 Å². The minimum atomic E-state index is -4.57. The first-order valence-electron chi connectivity index (χ1n) is 11.7. The van der Waals surface area contributed by atoms with Crippen molar-refractivity contribution in [2.75, 3.05) is 13.7 Å². The van der Waals surface area contributed by atoms with Crippen molar-refractivity contribution in [2.45, 2.75) is 39.0 Å². The molecule has 0 saturated heterocycles. The molecule has 1 aliphatic rings. The average molecular weight is 511 g/mol. The van der Waals surface area contributed by atoms with Gasteiger partial charge in [0.05, 0.1) is 36.9 Å². The Hall–Kier alpha value is -4.15. The number of fused-ring (bicyclic) bond motifs is 1. The number of carbonyl (C=O) groups is 1. The van der Waals surface area contributed by atoms with Crippen LogP contribution in [0.3, 0.4) is 0 Å². The van der Waals surface area contributed by atoms with Gasteiger partial charge in [-0.1, -0.05) is 24.3 Å². The summed E-state index contributed by atoms with van der Waals surface area (Å²) in [5.74, 6) is 1.07. The van der Waals surface area contributed by atoms with Crippen LogP contribution in [0.15, 0.2) is 55.0 Å². The number of ether oxygens (including phenoxy) is 1. The third-order valence-corrected chi connectivity index (χ3v) is 6.41. The van der Waals surface area contributed by atoms with Gasteiger partial charge in [0, 0.05) is 26.1 Å². The Labute approximate surface area is 211 Å². The zero-order chi connectivity index (χ0) is 26.3. The Bertz CT molecular complexity index is 1460. The molecule has 1 amide bonds. The number of imidazole rings is 1. The van der Waals surface area contributed by atoms with Crippen LogP contribution in [-0.4, -0.2) is 48.8 Å². The van der Waals surface area contributed by atoms with Gasteiger partial charge < -0.3 is 14.2 Å². The summed E-state index contributed by atoms with van der Waals surface area (Å²) in [5, 5.41) is 4.58. The van der Waals surface area contributed by atoms with E-state index in [0.29, 0.717) is 30.4 Å². The number of hydrogen-bond donors (Lipinski definition) is 0. The second kappa shape index (κ2) is 9.38. The summed E-state index contributed by atoms with van der Waals surface area (Å²) in [7, 11) is 1.58. The highest BCUT2D eigenvalue weighted by molar-refractivity contribution is 5.74. The molecule has 0 bridgehead atoms. The third-order valence-electron chi connectivity index (χ3n) is 6.41. The molecule has 2 aromatic carbocycles. The van der Waals surface area contributed by atoms with Crippen molar-refractivity contribution < 1.29 is 22.7 Å². The van der Waals surface area contributed by atoms with Gasteiger partial charge in [-0.25, -0.2) is 14.6 Å². The molecule has 0 spiro atoms. The second-order valence-electron chi connectivity index (χ2n) is 8.91. The van der Waals surface area contributed by atoms with Crippen LogP contribution in [0.1, 0.15) is 47.0 Å². The standard InChI is InChI=1S/C26H25F3N6O2/c1-16-14-33(15-30-16)21-9-8-18(12-22(21)37-3)13-23-31-25-24(34(17(2)36)10-11-35(25)32-23)19-6-4-5-7-20(19)26(27,28)29/h4-9,12,14-15,24H,10-11,13H2,1-3H3. The molecule has 5 rings (SSSR count). The Morgan fingerprint density at radius 1 is 1.16 bits per heavy atom. The molecule has 192 valence electrons. The topological polar surface area (TPSA) is 78.1 Å². The van der Waals surface area contributed by atoms with E-state index in [1.165, 1.54) is 30.0 Å². The van der Waals surface area contributed by atoms with E-state index in [4.69, 9.17) is 4.74 Å². The van der Waals surface area contributed by atoms with E-state index in [1.54, 1.807) is 18.1 Å². The number of alkyl halides is 3. The van der Waals surface area contributed by atoms with Gasteiger partial charge in [-0.2, -0.15) is 18.3 Å². The van der Waals surface area contributed by atoms with Crippen LogP contribution in [0.4, 0.5) is 13.2 Å². The van der Waals surface area contributed by atoms with Crippen LogP contribution in [0.25, 0.3) is 5.69 Å². The maximum absolute atomic E-state index is 13.9. The smallest absolute Gasteiger partial charge is 0.416 e. The van der Waals surface area contributed by atoms with Crippen molar-refractivity contribution in [3.63, 3.8) is 0 Å². The average Bonchev–Trinajstić information content (AvgIpc) is 3.48. The van der Waals surface area contributed by atoms with Crippen LogP contribution in [0.2, 0.25) is 0 Å². The van der Waals surface area contributed by atoms with Crippen molar-refractivity contribution >= 4 is 5.91 Å². The maximum Gasteiger partial charge on any atom is 0.416 e. The van der Waals surface area contributed by atoms with E-state index >= 15 is 0 Å². The monoisotopic (exact) mass is 510 g/mol. The summed E-state index contributed by atoms with van der Waals surface area (Å²) < 4.78 is 50.6. The van der Waals surface area contributed by atoms with Gasteiger partial charge in [-0.05, 0) is 36.2 Å². The number of methoxy groups -OCH3 is 1. The van der Waals surface area contributed by atoms with Gasteiger partial charge in [0.2, 0.25) is 5.91 Å². The molecule has 8 nitrogen and oxygen atoms in total. The van der Waals surface area contributed by atoms with E-state index in [2.05, 4.69) is 15.1 Å². The normalized spacial score (nSPS) is 15.5. The van der Waals surface area contributed by atoms with Gasteiger partial charge in [-0.15, -0.1) is 0 Å². The van der Waals surface area contributed by atoms with Gasteiger partial charge in [0.25, 0.3) is 0 Å². The lowest BCUT2D eigenvalue weighted by atomic mass is 9.96. The fourth-order valence-corrected chi connectivity index (χ4v) is 4.74. The van der Waals surface area contributed by atoms with Crippen molar-refractivity contribution in [1.29, 1.82) is 0 Å². The van der Waals surface area contributed by atoms with Gasteiger partial charge in [-0.3, -0.25) is 4.79 Å². The Balaban J connectivity index is 1.51. The summed E-state index contributed by atoms with van der Waals surface area (Å²) in [6.07, 6.45) is -0.636. The van der Waals surface area contributed by atoms with Crippen molar-refractivity contribution in [2.24, 2.45) is 0 Å². The first-order chi connectivity index (χ1) is 17.7. The number of amides is 1. The van der Waals surface area contributed by atoms with Gasteiger partial charge >= 0.3 is 6.18 Å². The Morgan fingerprint density at radius 2 is 1.95 bits per heavy atom. The van der Waals surface area contributed by atoms with Crippen LogP contribution >= 0.6 is 0 Å². The first-order valence-corrected chi connectivity index (χ1v) is 11.7. The number of nitrogens with zero attached hydrogens (tertiary/aromatic N) is 6. The minimum absolute atomic E-state index is 0.0215. The van der Waals surface area contributed by atoms with E-state index in [-0.39, 0.29) is 18.0 Å². The maximum atomic E-state index is 13.9. The predicted molar refractivity (Wildman–Crippen MR) is 128 cm³/mol. The molecular weight excluding hydrogens is 485 g/mol. The molecule has 0 radical (unpaired) electrons. The number of carbonyl (C=O) groups excluding carboxylic acids is 1. The lowest BCUT2D eigenvalue weighted by molar-refractivity contribution is -0.140. The van der Waals surface area contributed by atoms with Gasteiger partial charge in [0.1, 0.15) is 11.8 Å². The van der Waals surface area contributed by atoms with E-state index in [0.717, 1.165) is 23.0 Å². The molecule has 1 aliphatic heterocycles. The molecule has 0 fully saturated rings. The SMILES string of the molecule is COc1cc(Cc2nc3n(n2)CCN(C(C)=O)C3c2ccccc2C(F)(F)F)ccc1-n1cnc(C)c1. The summed E-state index contributed by atoms with van der Waals surface area (Å²) in [6, 6.07) is 10.0. The highest BCUT2D eigenvalue weighted by Crippen LogP contribution is 2.40. The summed E-state index contributed by atoms with van der Waals surface area (Å²) >= 11 is 0. The van der Waals surface area contributed by atoms with Crippen molar-refractivity contribution in [3.05, 3.63) is 89.0 Å². The highest BCUT2D eigenvalue weighted by atomic mass is 19.4. The van der Waals surface area contributed by atoms with E-state index in [1.807, 2.05) is 35.9 Å². The molecule has 2 aromatic heterocycles. The summed E-state index contributed by atoms with van der Waals surface area (Å²) in [6.45, 7) is 3.83. The number of benzene rings is 2. The van der Waals surface area contributed by atoms with Gasteiger partial charge in [0.15, 0.2) is 11.6 Å². The molecule has 11 heteroatoms. The number of rotatable bonds is 5. The molecule has 1 unspecified atom stereocenters. The molecule has 3 heterocycles. The lowest BCUT2D eigenvalue weighted by Gasteiger charge is -2.35. The largest absolute Gasteiger partial charge is 0.495 e. The fraction of sp³-hybridized carbons (Fsp3) is 0.308. The summed E-state index contributed by atoms with van der Waals surface area (Å²) in [4.78, 5) is 22.7. The highest BCUT2D eigenvalue weighted by Gasteiger charge is 2.41. The molecule has 4 aromatic rings. The molecule has 37 heavy (non-hydrogen) atoms. The molecule has 0 aliphatic carbocycles. The molecular formula is C26H25F3N6O2. The van der Waals surface area contributed by atoms with Crippen molar-refractivity contribution in [1.82, 2.24) is 29.2 Å². The zero-order valence-corrected chi connectivity index (χ0v) is 20.5. The Morgan fingerprint density at radius 3 is 2.62 bits per heavy atom. The van der Waals surface area contributed by atoms with Crippen LogP contribution in [0, 0.1) is 6.92 Å². The number of hydrogen-bond acceptors (Lipinski definition) is 5. The Kier molecular flexibility index (Phi) is 6.22. The lowest BCUT2D eigenvalue weighted by Crippen LogP contribution is -2.42. The van der Waals surface area contributed by atoms with Crippen LogP contribution < -0.4 is 4.74 Å². The fourth-order valence-electron chi connectivity index (χ4n) is 4.74. The van der Waals surface area contributed by atoms with Crippen LogP contribution in [-0.2, 0) is 23.9 Å². The van der Waals surface area contributed by atoms with E-state index in [9.17, 15) is 18.0 Å². The zero-order valence-electron chi connectivity index (χ0n) is 20.5. The van der Waals surface area contributed by atoms with E-state index < -0.39 is 17.8 Å². The predicted octanol–water partition coefficient (Wildman–Crippen LogP) is 4.34. The number of aromatic nitrogens is 5. The molecule has 1 atom stereocenters. The molecule has 0 N–H and O–H groups in total. The van der Waals surface area contributed by atoms with Crippen molar-refractivity contribution in [3.8, 4) is 11.4 Å². The first kappa shape index (κ1) is 24.5. The summed E-state index contributed by atoms with van der Waals surface area (Å²) in [5.41, 5.74) is 1.76. The quantitative estimate of drug-likeness (QED) is 0.399. The number of halogens is 3. The third kappa shape index (κ3) is 4.68. The number of aryl methyl sites for hydroxylation is 1.